The Morgan fingerprint density at radius 2 is 1.43 bits per heavy atom. The van der Waals surface area contributed by atoms with Crippen molar-refractivity contribution in [3.8, 4) is 23.0 Å². The van der Waals surface area contributed by atoms with Crippen LogP contribution >= 0.6 is 0 Å². The Labute approximate surface area is 170 Å². The fourth-order valence-corrected chi connectivity index (χ4v) is 2.87. The van der Waals surface area contributed by atoms with E-state index in [9.17, 15) is 30.0 Å². The molecule has 3 rings (SSSR count). The van der Waals surface area contributed by atoms with Gasteiger partial charge < -0.3 is 35.4 Å². The lowest BCUT2D eigenvalue weighted by atomic mass is 9.87. The molecule has 0 spiro atoms. The largest absolute Gasteiger partial charge is 0.505 e. The average Bonchev–Trinajstić information content (AvgIpc) is 3.14. The molecule has 2 radical (unpaired) electrons. The standard InChI is InChI=1S/C19H19BN4O6/c1-19(2,3)16-8(21-6-22-16)5-10-18(30)23-9(17(29)24-10)4-7-11(20)13(26)15(28)14(27)12(7)25/h4-6,25-28H,1-3H3,(H,21,22)(H,23,30)(H,24,29)/b9-4-,10-5-. The molecule has 0 atom stereocenters. The molecule has 10 nitrogen and oxygen atoms in total. The van der Waals surface area contributed by atoms with Gasteiger partial charge in [0, 0.05) is 16.7 Å². The number of nitrogens with one attached hydrogen (secondary N) is 3. The second-order valence-electron chi connectivity index (χ2n) is 7.66. The first-order valence-corrected chi connectivity index (χ1v) is 8.77. The SMILES string of the molecule is [B]c1c(O)c(O)c(O)c(O)c1/C=c1\[nH]c(=O)/c(=C/c2nc[nH]c2C(C)(C)C)[nH]c1=O. The fraction of sp³-hybridized carbons (Fsp3) is 0.211. The second kappa shape index (κ2) is 7.18. The number of benzene rings is 1. The lowest BCUT2D eigenvalue weighted by molar-refractivity contribution is 0.347. The molecule has 0 aliphatic heterocycles. The van der Waals surface area contributed by atoms with Crippen LogP contribution in [0.3, 0.4) is 0 Å². The molecule has 2 aromatic heterocycles. The van der Waals surface area contributed by atoms with Gasteiger partial charge in [0.15, 0.2) is 11.5 Å². The lowest BCUT2D eigenvalue weighted by Gasteiger charge is -2.16. The molecule has 30 heavy (non-hydrogen) atoms. The number of phenolic OH excluding ortho intramolecular Hbond substituents is 4. The number of hydrogen-bond acceptors (Lipinski definition) is 7. The van der Waals surface area contributed by atoms with Crippen LogP contribution in [0.15, 0.2) is 15.9 Å². The summed E-state index contributed by atoms with van der Waals surface area (Å²) in [5.41, 5.74) is -1.27. The van der Waals surface area contributed by atoms with E-state index in [1.807, 2.05) is 20.8 Å². The average molecular weight is 410 g/mol. The highest BCUT2D eigenvalue weighted by Crippen LogP contribution is 2.42. The van der Waals surface area contributed by atoms with Gasteiger partial charge in [0.05, 0.1) is 12.0 Å². The van der Waals surface area contributed by atoms with Gasteiger partial charge in [-0.3, -0.25) is 9.59 Å². The fourth-order valence-electron chi connectivity index (χ4n) is 2.87. The third-order valence-electron chi connectivity index (χ3n) is 4.45. The number of nitrogens with zero attached hydrogens (tertiary/aromatic N) is 1. The first-order valence-electron chi connectivity index (χ1n) is 8.77. The topological polar surface area (TPSA) is 175 Å². The van der Waals surface area contributed by atoms with Crippen LogP contribution in [0.1, 0.15) is 37.7 Å². The molecule has 3 aromatic rings. The minimum absolute atomic E-state index is 0.0525. The minimum Gasteiger partial charge on any atom is -0.505 e. The quantitative estimate of drug-likeness (QED) is 0.151. The van der Waals surface area contributed by atoms with Gasteiger partial charge in [-0.1, -0.05) is 20.8 Å². The highest BCUT2D eigenvalue weighted by Gasteiger charge is 2.20. The van der Waals surface area contributed by atoms with E-state index in [4.69, 9.17) is 7.85 Å². The number of rotatable bonds is 2. The Kier molecular flexibility index (Phi) is 4.98. The third kappa shape index (κ3) is 3.57. The molecule has 0 fully saturated rings. The van der Waals surface area contributed by atoms with Gasteiger partial charge in [0.1, 0.15) is 18.5 Å². The number of aromatic nitrogens is 4. The summed E-state index contributed by atoms with van der Waals surface area (Å²) in [7, 11) is 5.63. The molecule has 0 amide bonds. The Bertz CT molecular complexity index is 1350. The summed E-state index contributed by atoms with van der Waals surface area (Å²) in [6.45, 7) is 5.88. The van der Waals surface area contributed by atoms with Gasteiger partial charge >= 0.3 is 0 Å². The highest BCUT2D eigenvalue weighted by molar-refractivity contribution is 6.37. The van der Waals surface area contributed by atoms with Crippen molar-refractivity contribution in [2.75, 3.05) is 0 Å². The summed E-state index contributed by atoms with van der Waals surface area (Å²) >= 11 is 0. The first-order chi connectivity index (χ1) is 13.9. The van der Waals surface area contributed by atoms with E-state index in [0.29, 0.717) is 5.69 Å². The Hall–Kier alpha value is -3.89. The Balaban J connectivity index is 2.23. The number of hydrogen-bond donors (Lipinski definition) is 7. The van der Waals surface area contributed by atoms with Crippen LogP contribution in [0.4, 0.5) is 0 Å². The summed E-state index contributed by atoms with van der Waals surface area (Å²) in [4.78, 5) is 36.9. The predicted octanol–water partition coefficient (Wildman–Crippen LogP) is -1.64. The maximum Gasteiger partial charge on any atom is 0.272 e. The summed E-state index contributed by atoms with van der Waals surface area (Å²) in [5, 5.41) is 38.5. The van der Waals surface area contributed by atoms with Crippen LogP contribution in [-0.4, -0.2) is 48.2 Å². The Morgan fingerprint density at radius 1 is 0.900 bits per heavy atom. The number of aromatic hydroxyl groups is 4. The molecule has 0 unspecified atom stereocenters. The van der Waals surface area contributed by atoms with Crippen LogP contribution in [0.5, 0.6) is 23.0 Å². The van der Waals surface area contributed by atoms with E-state index in [1.54, 1.807) is 0 Å². The number of aromatic amines is 3. The maximum absolute atomic E-state index is 12.5. The van der Waals surface area contributed by atoms with E-state index in [-0.39, 0.29) is 21.7 Å². The molecule has 154 valence electrons. The number of H-pyrrole nitrogens is 3. The second-order valence-corrected chi connectivity index (χ2v) is 7.66. The van der Waals surface area contributed by atoms with Crippen molar-refractivity contribution in [1.82, 2.24) is 19.9 Å². The molecule has 11 heteroatoms. The predicted molar refractivity (Wildman–Crippen MR) is 110 cm³/mol. The molecule has 2 heterocycles. The van der Waals surface area contributed by atoms with E-state index < -0.39 is 39.6 Å². The molecular formula is C19H19BN4O6. The summed E-state index contributed by atoms with van der Waals surface area (Å²) in [6, 6.07) is 0. The Morgan fingerprint density at radius 3 is 2.00 bits per heavy atom. The summed E-state index contributed by atoms with van der Waals surface area (Å²) in [6.07, 6.45) is 3.87. The van der Waals surface area contributed by atoms with Crippen molar-refractivity contribution in [3.05, 3.63) is 54.7 Å². The molecule has 7 N–H and O–H groups in total. The monoisotopic (exact) mass is 410 g/mol. The van der Waals surface area contributed by atoms with Gasteiger partial charge in [-0.15, -0.1) is 0 Å². The zero-order valence-corrected chi connectivity index (χ0v) is 16.4. The van der Waals surface area contributed by atoms with Crippen LogP contribution in [-0.2, 0) is 5.41 Å². The number of imidazole rings is 1. The van der Waals surface area contributed by atoms with Gasteiger partial charge in [-0.05, 0) is 17.6 Å². The molecule has 1 aromatic carbocycles. The van der Waals surface area contributed by atoms with E-state index in [2.05, 4.69) is 19.9 Å². The molecule has 0 bridgehead atoms. The molecule has 0 aliphatic rings. The number of phenols is 4. The zero-order chi connectivity index (χ0) is 22.4. The normalized spacial score (nSPS) is 13.2. The lowest BCUT2D eigenvalue weighted by Crippen LogP contribution is -2.47. The molecule has 0 saturated heterocycles. The van der Waals surface area contributed by atoms with Gasteiger partial charge in [-0.2, -0.15) is 0 Å². The van der Waals surface area contributed by atoms with Crippen LogP contribution in [0.25, 0.3) is 12.2 Å². The van der Waals surface area contributed by atoms with Crippen LogP contribution in [0.2, 0.25) is 0 Å². The maximum atomic E-state index is 12.5. The highest BCUT2D eigenvalue weighted by atomic mass is 16.3. The van der Waals surface area contributed by atoms with Gasteiger partial charge in [0.2, 0.25) is 11.5 Å². The van der Waals surface area contributed by atoms with E-state index in [0.717, 1.165) is 11.8 Å². The van der Waals surface area contributed by atoms with Crippen molar-refractivity contribution in [2.24, 2.45) is 0 Å². The van der Waals surface area contributed by atoms with E-state index in [1.165, 1.54) is 12.4 Å². The molecule has 0 saturated carbocycles. The van der Waals surface area contributed by atoms with Crippen molar-refractivity contribution in [3.63, 3.8) is 0 Å². The summed E-state index contributed by atoms with van der Waals surface area (Å²) < 4.78 is 0. The van der Waals surface area contributed by atoms with Crippen molar-refractivity contribution < 1.29 is 20.4 Å². The third-order valence-corrected chi connectivity index (χ3v) is 4.45. The van der Waals surface area contributed by atoms with Gasteiger partial charge in [0.25, 0.3) is 11.1 Å². The summed E-state index contributed by atoms with van der Waals surface area (Å²) in [5.74, 6) is -3.79. The van der Waals surface area contributed by atoms with Crippen molar-refractivity contribution in [2.45, 2.75) is 26.2 Å². The van der Waals surface area contributed by atoms with E-state index >= 15 is 0 Å². The smallest absolute Gasteiger partial charge is 0.272 e. The van der Waals surface area contributed by atoms with Gasteiger partial charge in [-0.25, -0.2) is 4.98 Å². The van der Waals surface area contributed by atoms with Crippen molar-refractivity contribution >= 4 is 25.5 Å². The first kappa shape index (κ1) is 20.8. The van der Waals surface area contributed by atoms with Crippen LogP contribution in [0, 0.1) is 0 Å². The zero-order valence-electron chi connectivity index (χ0n) is 16.4. The van der Waals surface area contributed by atoms with Crippen LogP contribution < -0.4 is 27.3 Å². The minimum atomic E-state index is -1.02. The molecule has 0 aliphatic carbocycles. The van der Waals surface area contributed by atoms with Crippen molar-refractivity contribution in [1.29, 1.82) is 0 Å². The molecular weight excluding hydrogens is 391 g/mol.